The molecule has 0 spiro atoms. The van der Waals surface area contributed by atoms with Gasteiger partial charge in [-0.05, 0) is 72.3 Å². The minimum Gasteiger partial charge on any atom is -0.489 e. The molecule has 1 aromatic heterocycles. The van der Waals surface area contributed by atoms with Gasteiger partial charge in [-0.2, -0.15) is 0 Å². The first-order valence-electron chi connectivity index (χ1n) is 9.97. The molecule has 166 valence electrons. The number of ether oxygens (including phenoxy) is 1. The van der Waals surface area contributed by atoms with Gasteiger partial charge in [0.1, 0.15) is 17.3 Å². The molecule has 8 heteroatoms. The van der Waals surface area contributed by atoms with Crippen LogP contribution in [0.5, 0.6) is 5.75 Å². The van der Waals surface area contributed by atoms with Gasteiger partial charge in [0.2, 0.25) is 5.89 Å². The van der Waals surface area contributed by atoms with Crippen molar-refractivity contribution in [1.82, 2.24) is 10.2 Å². The highest BCUT2D eigenvalue weighted by Gasteiger charge is 2.16. The Morgan fingerprint density at radius 3 is 2.39 bits per heavy atom. The highest BCUT2D eigenvalue weighted by atomic mass is 35.5. The second kappa shape index (κ2) is 10.4. The quantitative estimate of drug-likeness (QED) is 0.228. The highest BCUT2D eigenvalue weighted by Crippen LogP contribution is 2.30. The van der Waals surface area contributed by atoms with Crippen LogP contribution in [0.15, 0.2) is 87.3 Å². The van der Waals surface area contributed by atoms with Crippen molar-refractivity contribution in [3.8, 4) is 17.2 Å². The van der Waals surface area contributed by atoms with E-state index in [4.69, 9.17) is 20.8 Å². The molecule has 0 unspecified atom stereocenters. The van der Waals surface area contributed by atoms with E-state index in [1.54, 1.807) is 54.6 Å². The number of halogens is 1. The summed E-state index contributed by atoms with van der Waals surface area (Å²) < 4.78 is 11.4. The fraction of sp³-hybridized carbons (Fsp3) is 0.0800. The summed E-state index contributed by atoms with van der Waals surface area (Å²) in [6.07, 6.45) is 1.54. The summed E-state index contributed by atoms with van der Waals surface area (Å²) in [4.78, 5) is 11.8. The van der Waals surface area contributed by atoms with Crippen LogP contribution >= 0.6 is 23.4 Å². The molecule has 1 heterocycles. The van der Waals surface area contributed by atoms with Gasteiger partial charge in [0.25, 0.3) is 5.22 Å². The first kappa shape index (κ1) is 22.6. The van der Waals surface area contributed by atoms with Gasteiger partial charge in [-0.1, -0.05) is 53.6 Å². The molecule has 33 heavy (non-hydrogen) atoms. The third-order valence-corrected chi connectivity index (χ3v) is 5.71. The van der Waals surface area contributed by atoms with Crippen LogP contribution in [0.4, 0.5) is 0 Å². The SMILES string of the molecule is Cc1ccc(COc2ccc(/C=C(\Sc3nnc(-c4ccc(Cl)cc4)o3)C(=O)O)cc2)cc1. The molecular formula is C25H19ClN2O4S. The highest BCUT2D eigenvalue weighted by molar-refractivity contribution is 8.03. The Balaban J connectivity index is 1.43. The van der Waals surface area contributed by atoms with Crippen molar-refractivity contribution < 1.29 is 19.1 Å². The second-order valence-electron chi connectivity index (χ2n) is 7.14. The molecule has 6 nitrogen and oxygen atoms in total. The summed E-state index contributed by atoms with van der Waals surface area (Å²) in [6, 6.07) is 22.2. The Bertz CT molecular complexity index is 1270. The fourth-order valence-corrected chi connectivity index (χ4v) is 3.65. The van der Waals surface area contributed by atoms with Gasteiger partial charge in [0.05, 0.1) is 0 Å². The number of rotatable bonds is 8. The van der Waals surface area contributed by atoms with Gasteiger partial charge in [0.15, 0.2) is 0 Å². The summed E-state index contributed by atoms with van der Waals surface area (Å²) in [5.74, 6) is -0.110. The average molecular weight is 479 g/mol. The number of hydrogen-bond donors (Lipinski definition) is 1. The summed E-state index contributed by atoms with van der Waals surface area (Å²) in [5.41, 5.74) is 3.68. The molecule has 0 atom stereocenters. The largest absolute Gasteiger partial charge is 0.489 e. The molecule has 0 fully saturated rings. The van der Waals surface area contributed by atoms with Gasteiger partial charge in [-0.15, -0.1) is 10.2 Å². The van der Waals surface area contributed by atoms with E-state index in [1.165, 1.54) is 5.56 Å². The predicted octanol–water partition coefficient (Wildman–Crippen LogP) is 6.50. The van der Waals surface area contributed by atoms with Crippen molar-refractivity contribution in [2.45, 2.75) is 18.8 Å². The zero-order valence-electron chi connectivity index (χ0n) is 17.6. The van der Waals surface area contributed by atoms with E-state index in [1.807, 2.05) is 31.2 Å². The zero-order chi connectivity index (χ0) is 23.2. The maximum Gasteiger partial charge on any atom is 0.342 e. The van der Waals surface area contributed by atoms with Gasteiger partial charge < -0.3 is 14.3 Å². The maximum atomic E-state index is 11.8. The van der Waals surface area contributed by atoms with Gasteiger partial charge in [0, 0.05) is 10.6 Å². The Morgan fingerprint density at radius 2 is 1.73 bits per heavy atom. The number of nitrogens with zero attached hydrogens (tertiary/aromatic N) is 2. The van der Waals surface area contributed by atoms with Crippen molar-refractivity contribution in [3.63, 3.8) is 0 Å². The maximum absolute atomic E-state index is 11.8. The lowest BCUT2D eigenvalue weighted by Gasteiger charge is -2.07. The monoisotopic (exact) mass is 478 g/mol. The lowest BCUT2D eigenvalue weighted by molar-refractivity contribution is -0.131. The van der Waals surface area contributed by atoms with E-state index in [0.29, 0.717) is 28.5 Å². The number of carbonyl (C=O) groups is 1. The number of carboxylic acids is 1. The van der Waals surface area contributed by atoms with Crippen molar-refractivity contribution in [1.29, 1.82) is 0 Å². The van der Waals surface area contributed by atoms with E-state index < -0.39 is 5.97 Å². The second-order valence-corrected chi connectivity index (χ2v) is 8.57. The zero-order valence-corrected chi connectivity index (χ0v) is 19.1. The van der Waals surface area contributed by atoms with Crippen LogP contribution in [0, 0.1) is 6.92 Å². The number of carboxylic acid groups (broad SMARTS) is 1. The molecular weight excluding hydrogens is 460 g/mol. The van der Waals surface area contributed by atoms with Gasteiger partial charge in [-0.3, -0.25) is 0 Å². The molecule has 0 saturated heterocycles. The third kappa shape index (κ3) is 6.25. The fourth-order valence-electron chi connectivity index (χ4n) is 2.85. The number of aromatic nitrogens is 2. The molecule has 0 aliphatic rings. The van der Waals surface area contributed by atoms with E-state index in [0.717, 1.165) is 17.3 Å². The molecule has 0 radical (unpaired) electrons. The molecule has 0 amide bonds. The smallest absolute Gasteiger partial charge is 0.342 e. The van der Waals surface area contributed by atoms with Gasteiger partial charge in [-0.25, -0.2) is 4.79 Å². The minimum absolute atomic E-state index is 0.0506. The lowest BCUT2D eigenvalue weighted by Crippen LogP contribution is -1.97. The molecule has 4 rings (SSSR count). The molecule has 4 aromatic rings. The van der Waals surface area contributed by atoms with Crippen molar-refractivity contribution in [3.05, 3.63) is 99.4 Å². The first-order chi connectivity index (χ1) is 16.0. The van der Waals surface area contributed by atoms with Crippen LogP contribution in [0.1, 0.15) is 16.7 Å². The molecule has 3 aromatic carbocycles. The summed E-state index contributed by atoms with van der Waals surface area (Å²) >= 11 is 6.78. The first-order valence-corrected chi connectivity index (χ1v) is 11.2. The number of aliphatic carboxylic acids is 1. The Kier molecular flexibility index (Phi) is 7.12. The summed E-state index contributed by atoms with van der Waals surface area (Å²) in [7, 11) is 0. The van der Waals surface area contributed by atoms with E-state index in [2.05, 4.69) is 10.2 Å². The Morgan fingerprint density at radius 1 is 1.03 bits per heavy atom. The molecule has 1 N–H and O–H groups in total. The third-order valence-electron chi connectivity index (χ3n) is 4.61. The van der Waals surface area contributed by atoms with Crippen LogP contribution < -0.4 is 4.74 Å². The van der Waals surface area contributed by atoms with Crippen LogP contribution in [0.3, 0.4) is 0 Å². The van der Waals surface area contributed by atoms with Crippen LogP contribution in [0.25, 0.3) is 17.5 Å². The van der Waals surface area contributed by atoms with E-state index in [-0.39, 0.29) is 16.0 Å². The average Bonchev–Trinajstić information content (AvgIpc) is 3.28. The van der Waals surface area contributed by atoms with Gasteiger partial charge >= 0.3 is 5.97 Å². The molecule has 0 aliphatic heterocycles. The normalized spacial score (nSPS) is 11.4. The standard InChI is InChI=1S/C25H19ClN2O4S/c1-16-2-4-18(5-3-16)15-31-21-12-6-17(7-13-21)14-22(24(29)30)33-25-28-27-23(32-25)19-8-10-20(26)11-9-19/h2-14H,15H2,1H3,(H,29,30)/b22-14-. The van der Waals surface area contributed by atoms with Crippen LogP contribution in [-0.4, -0.2) is 21.3 Å². The lowest BCUT2D eigenvalue weighted by atomic mass is 10.1. The van der Waals surface area contributed by atoms with E-state index in [9.17, 15) is 9.90 Å². The Hall–Kier alpha value is -3.55. The minimum atomic E-state index is -1.09. The molecule has 0 bridgehead atoms. The summed E-state index contributed by atoms with van der Waals surface area (Å²) in [6.45, 7) is 2.50. The van der Waals surface area contributed by atoms with Crippen molar-refractivity contribution >= 4 is 35.4 Å². The topological polar surface area (TPSA) is 85.5 Å². The van der Waals surface area contributed by atoms with Crippen LogP contribution in [-0.2, 0) is 11.4 Å². The summed E-state index contributed by atoms with van der Waals surface area (Å²) in [5, 5.41) is 18.3. The van der Waals surface area contributed by atoms with Crippen LogP contribution in [0.2, 0.25) is 5.02 Å². The van der Waals surface area contributed by atoms with Crippen molar-refractivity contribution in [2.75, 3.05) is 0 Å². The molecule has 0 aliphatic carbocycles. The number of hydrogen-bond acceptors (Lipinski definition) is 6. The number of thioether (sulfide) groups is 1. The Labute approximate surface area is 199 Å². The van der Waals surface area contributed by atoms with Crippen molar-refractivity contribution in [2.24, 2.45) is 0 Å². The number of aryl methyl sites for hydroxylation is 1. The number of benzene rings is 3. The van der Waals surface area contributed by atoms with E-state index >= 15 is 0 Å². The molecule has 0 saturated carbocycles. The predicted molar refractivity (Wildman–Crippen MR) is 128 cm³/mol.